The van der Waals surface area contributed by atoms with Crippen LogP contribution in [0.4, 0.5) is 0 Å². The van der Waals surface area contributed by atoms with E-state index in [0.717, 1.165) is 54.9 Å². The molecule has 46 heavy (non-hydrogen) atoms. The number of carbonyl (C=O) groups is 3. The van der Waals surface area contributed by atoms with Crippen molar-refractivity contribution in [1.82, 2.24) is 15.1 Å². The highest BCUT2D eigenvalue weighted by molar-refractivity contribution is 5.90. The zero-order chi connectivity index (χ0) is 33.4. The summed E-state index contributed by atoms with van der Waals surface area (Å²) >= 11 is 0. The van der Waals surface area contributed by atoms with Gasteiger partial charge in [-0.05, 0) is 60.3 Å². The summed E-state index contributed by atoms with van der Waals surface area (Å²) in [6.07, 6.45) is 7.32. The topological polar surface area (TPSA) is 110 Å². The molecule has 5 atom stereocenters. The van der Waals surface area contributed by atoms with Crippen molar-refractivity contribution in [3.63, 3.8) is 0 Å². The van der Waals surface area contributed by atoms with Crippen LogP contribution in [0.3, 0.4) is 0 Å². The van der Waals surface area contributed by atoms with Gasteiger partial charge in [-0.1, -0.05) is 101 Å². The van der Waals surface area contributed by atoms with Crippen LogP contribution in [0.2, 0.25) is 0 Å². The molecule has 0 unspecified atom stereocenters. The number of amides is 3. The van der Waals surface area contributed by atoms with Crippen molar-refractivity contribution >= 4 is 28.5 Å². The number of rotatable bonds is 16. The molecule has 2 aliphatic rings. The Morgan fingerprint density at radius 1 is 0.848 bits per heavy atom. The number of nitrogens with one attached hydrogen (secondary N) is 1. The van der Waals surface area contributed by atoms with Gasteiger partial charge in [0.25, 0.3) is 0 Å². The minimum Gasteiger partial charge on any atom is -0.390 e. The Morgan fingerprint density at radius 2 is 1.50 bits per heavy atom. The third kappa shape index (κ3) is 10.0. The van der Waals surface area contributed by atoms with Gasteiger partial charge >= 0.3 is 0 Å². The molecule has 8 nitrogen and oxygen atoms in total. The van der Waals surface area contributed by atoms with Gasteiger partial charge in [0, 0.05) is 26.4 Å². The van der Waals surface area contributed by atoms with Crippen LogP contribution in [0.1, 0.15) is 103 Å². The van der Waals surface area contributed by atoms with Gasteiger partial charge in [0.1, 0.15) is 12.6 Å². The molecule has 3 N–H and O–H groups in total. The van der Waals surface area contributed by atoms with Gasteiger partial charge in [0.2, 0.25) is 17.7 Å². The molecule has 3 amide bonds. The van der Waals surface area contributed by atoms with Gasteiger partial charge < -0.3 is 25.3 Å². The van der Waals surface area contributed by atoms with Crippen LogP contribution in [-0.4, -0.2) is 76.6 Å². The number of aliphatic hydroxyl groups excluding tert-OH is 2. The summed E-state index contributed by atoms with van der Waals surface area (Å²) in [5, 5.41) is 27.4. The standard InChI is InChI=1S/C38H57N3O5/c1-25(2)20-34(42)37(45)33(22-27-12-7-6-8-13-27)39-38(46)30(21-28-18-19-28)23-35(43)41(24-36(44)40(4)5)26(3)31-17-11-15-29-14-9-10-16-32(29)31/h9-11,14-17,25-28,30,33-34,37,42,45H,6-8,12-13,18-24H2,1-5H3,(H,39,46)/t26-,30+,33-,34-,37+/m0/s1. The molecule has 4 rings (SSSR count). The Kier molecular flexibility index (Phi) is 13.0. The van der Waals surface area contributed by atoms with E-state index >= 15 is 0 Å². The smallest absolute Gasteiger partial charge is 0.241 e. The van der Waals surface area contributed by atoms with Gasteiger partial charge in [-0.2, -0.15) is 0 Å². The second-order valence-electron chi connectivity index (χ2n) is 14.7. The summed E-state index contributed by atoms with van der Waals surface area (Å²) in [5.74, 6) is -0.259. The van der Waals surface area contributed by atoms with Crippen molar-refractivity contribution in [3.8, 4) is 0 Å². The van der Waals surface area contributed by atoms with Crippen LogP contribution < -0.4 is 5.32 Å². The van der Waals surface area contributed by atoms with Gasteiger partial charge in [-0.25, -0.2) is 0 Å². The lowest BCUT2D eigenvalue weighted by Crippen LogP contribution is -2.52. The van der Waals surface area contributed by atoms with E-state index in [-0.39, 0.29) is 42.6 Å². The lowest BCUT2D eigenvalue weighted by Gasteiger charge is -2.34. The molecule has 0 bridgehead atoms. The van der Waals surface area contributed by atoms with Crippen LogP contribution in [0, 0.1) is 23.7 Å². The minimum absolute atomic E-state index is 0.0149. The summed E-state index contributed by atoms with van der Waals surface area (Å²) in [4.78, 5) is 44.4. The average molecular weight is 636 g/mol. The molecule has 2 fully saturated rings. The van der Waals surface area contributed by atoms with E-state index in [2.05, 4.69) is 5.32 Å². The zero-order valence-corrected chi connectivity index (χ0v) is 28.7. The van der Waals surface area contributed by atoms with E-state index < -0.39 is 24.2 Å². The minimum atomic E-state index is -1.08. The van der Waals surface area contributed by atoms with Crippen LogP contribution in [0.15, 0.2) is 42.5 Å². The molecule has 0 heterocycles. The van der Waals surface area contributed by atoms with Gasteiger partial charge in [0.05, 0.1) is 18.2 Å². The maximum absolute atomic E-state index is 14.2. The predicted octanol–water partition coefficient (Wildman–Crippen LogP) is 5.85. The largest absolute Gasteiger partial charge is 0.390 e. The maximum atomic E-state index is 14.2. The average Bonchev–Trinajstić information content (AvgIpc) is 3.86. The molecular formula is C38H57N3O5. The summed E-state index contributed by atoms with van der Waals surface area (Å²) in [6, 6.07) is 13.1. The number of carbonyl (C=O) groups excluding carboxylic acids is 3. The van der Waals surface area contributed by atoms with Crippen LogP contribution in [0.5, 0.6) is 0 Å². The maximum Gasteiger partial charge on any atom is 0.241 e. The summed E-state index contributed by atoms with van der Waals surface area (Å²) in [7, 11) is 3.37. The van der Waals surface area contributed by atoms with E-state index in [1.54, 1.807) is 19.0 Å². The highest BCUT2D eigenvalue weighted by atomic mass is 16.3. The number of nitrogens with zero attached hydrogens (tertiary/aromatic N) is 2. The predicted molar refractivity (Wildman–Crippen MR) is 183 cm³/mol. The Bertz CT molecular complexity index is 1300. The van der Waals surface area contributed by atoms with Gasteiger partial charge in [0.15, 0.2) is 0 Å². The molecule has 0 spiro atoms. The first-order valence-corrected chi connectivity index (χ1v) is 17.6. The number of hydrogen-bond donors (Lipinski definition) is 3. The first-order chi connectivity index (χ1) is 21.9. The molecule has 2 aromatic carbocycles. The number of likely N-dealkylation sites (N-methyl/N-ethyl adjacent to an activating group) is 1. The molecule has 2 aromatic rings. The van der Waals surface area contributed by atoms with Crippen molar-refractivity contribution in [1.29, 1.82) is 0 Å². The molecule has 254 valence electrons. The monoisotopic (exact) mass is 635 g/mol. The highest BCUT2D eigenvalue weighted by Gasteiger charge is 2.37. The van der Waals surface area contributed by atoms with Crippen molar-refractivity contribution in [2.24, 2.45) is 23.7 Å². The second kappa shape index (κ2) is 16.7. The fourth-order valence-corrected chi connectivity index (χ4v) is 7.13. The number of hydrogen-bond acceptors (Lipinski definition) is 5. The Balaban J connectivity index is 1.57. The summed E-state index contributed by atoms with van der Waals surface area (Å²) < 4.78 is 0. The normalized spacial score (nSPS) is 18.9. The summed E-state index contributed by atoms with van der Waals surface area (Å²) in [5.41, 5.74) is 0.955. The Hall–Kier alpha value is -2.97. The second-order valence-corrected chi connectivity index (χ2v) is 14.7. The van der Waals surface area contributed by atoms with Crippen molar-refractivity contribution < 1.29 is 24.6 Å². The third-order valence-electron chi connectivity index (χ3n) is 10.1. The SMILES string of the molecule is CC(C)C[C@H](O)[C@H](O)[C@H](CC1CCCCC1)NC(=O)[C@@H](CC(=O)N(CC(=O)N(C)C)[C@@H](C)c1cccc2ccccc12)CC1CC1. The zero-order valence-electron chi connectivity index (χ0n) is 28.7. The Morgan fingerprint density at radius 3 is 2.15 bits per heavy atom. The van der Waals surface area contributed by atoms with E-state index in [9.17, 15) is 24.6 Å². The number of benzene rings is 2. The van der Waals surface area contributed by atoms with Gasteiger partial charge in [-0.15, -0.1) is 0 Å². The lowest BCUT2D eigenvalue weighted by molar-refractivity contribution is -0.143. The fourth-order valence-electron chi connectivity index (χ4n) is 7.13. The van der Waals surface area contributed by atoms with E-state index in [4.69, 9.17) is 0 Å². The van der Waals surface area contributed by atoms with Crippen molar-refractivity contribution in [3.05, 3.63) is 48.0 Å². The quantitative estimate of drug-likeness (QED) is 0.215. The molecule has 0 aliphatic heterocycles. The third-order valence-corrected chi connectivity index (χ3v) is 10.1. The van der Waals surface area contributed by atoms with Crippen LogP contribution >= 0.6 is 0 Å². The van der Waals surface area contributed by atoms with Crippen LogP contribution in [-0.2, 0) is 14.4 Å². The molecule has 0 aromatic heterocycles. The van der Waals surface area contributed by atoms with Crippen LogP contribution in [0.25, 0.3) is 10.8 Å². The van der Waals surface area contributed by atoms with E-state index in [0.29, 0.717) is 31.1 Å². The first kappa shape index (κ1) is 35.9. The fraction of sp³-hybridized carbons (Fsp3) is 0.658. The first-order valence-electron chi connectivity index (χ1n) is 17.6. The number of aliphatic hydroxyl groups is 2. The lowest BCUT2D eigenvalue weighted by atomic mass is 9.82. The molecule has 0 saturated heterocycles. The summed E-state index contributed by atoms with van der Waals surface area (Å²) in [6.45, 7) is 5.88. The molecular weight excluding hydrogens is 578 g/mol. The van der Waals surface area contributed by atoms with E-state index in [1.165, 1.54) is 11.3 Å². The molecule has 2 aliphatic carbocycles. The van der Waals surface area contributed by atoms with Crippen molar-refractivity contribution in [2.75, 3.05) is 20.6 Å². The highest BCUT2D eigenvalue weighted by Crippen LogP contribution is 2.37. The van der Waals surface area contributed by atoms with E-state index in [1.807, 2.05) is 63.2 Å². The molecule has 0 radical (unpaired) electrons. The molecule has 8 heteroatoms. The Labute approximate surface area is 275 Å². The number of fused-ring (bicyclic) bond motifs is 1. The molecule has 2 saturated carbocycles. The van der Waals surface area contributed by atoms with Gasteiger partial charge in [-0.3, -0.25) is 14.4 Å². The van der Waals surface area contributed by atoms with Crippen molar-refractivity contribution in [2.45, 2.75) is 116 Å².